The summed E-state index contributed by atoms with van der Waals surface area (Å²) in [5.41, 5.74) is 0.670. The van der Waals surface area contributed by atoms with E-state index >= 15 is 0 Å². The van der Waals surface area contributed by atoms with Gasteiger partial charge in [0.05, 0.1) is 18.3 Å². The minimum Gasteiger partial charge on any atom is -0.488 e. The highest BCUT2D eigenvalue weighted by Gasteiger charge is 2.45. The molecule has 1 N–H and O–H groups in total. The lowest BCUT2D eigenvalue weighted by Gasteiger charge is -2.41. The summed E-state index contributed by atoms with van der Waals surface area (Å²) in [6, 6.07) is 12.1. The molecule has 1 heterocycles. The molecule has 0 unspecified atom stereocenters. The molecule has 41 heavy (non-hydrogen) atoms. The van der Waals surface area contributed by atoms with Gasteiger partial charge in [-0.15, -0.1) is 13.2 Å². The van der Waals surface area contributed by atoms with E-state index in [9.17, 15) is 49.0 Å². The molecule has 0 saturated heterocycles. The van der Waals surface area contributed by atoms with E-state index in [2.05, 4.69) is 9.47 Å². The van der Waals surface area contributed by atoms with Gasteiger partial charge in [-0.3, -0.25) is 0 Å². The maximum Gasteiger partial charge on any atom is 0.573 e. The van der Waals surface area contributed by atoms with Crippen LogP contribution in [0.3, 0.4) is 0 Å². The van der Waals surface area contributed by atoms with E-state index in [1.807, 2.05) is 0 Å². The van der Waals surface area contributed by atoms with Crippen LogP contribution in [0.2, 0.25) is 0 Å². The van der Waals surface area contributed by atoms with E-state index in [-0.39, 0.29) is 22.6 Å². The van der Waals surface area contributed by atoms with Gasteiger partial charge in [-0.25, -0.2) is 0 Å². The summed E-state index contributed by atoms with van der Waals surface area (Å²) in [5.74, 6) is -1.18. The summed E-state index contributed by atoms with van der Waals surface area (Å²) in [6.45, 7) is -1.43. The number of anilines is 1. The molecule has 222 valence electrons. The number of β-amino-alcohol motifs (C(OH)–C–C–N with tert-alkyl or cyclic N) is 1. The van der Waals surface area contributed by atoms with Crippen LogP contribution in [0.5, 0.6) is 17.2 Å². The molecule has 5 nitrogen and oxygen atoms in total. The van der Waals surface area contributed by atoms with Crippen LogP contribution >= 0.6 is 0 Å². The summed E-state index contributed by atoms with van der Waals surface area (Å²) >= 11 is 0. The van der Waals surface area contributed by atoms with Crippen molar-refractivity contribution < 1.29 is 63.2 Å². The number of hydrogen-bond acceptors (Lipinski definition) is 5. The molecule has 15 heteroatoms. The molecular formula is C26H19F10NO4. The summed E-state index contributed by atoms with van der Waals surface area (Å²) in [4.78, 5) is 1.10. The minimum absolute atomic E-state index is 0.0271. The van der Waals surface area contributed by atoms with E-state index in [0.717, 1.165) is 29.2 Å². The Hall–Kier alpha value is -3.88. The lowest BCUT2D eigenvalue weighted by Crippen LogP contribution is -2.46. The second kappa shape index (κ2) is 11.2. The number of rotatable bonds is 8. The first-order valence-corrected chi connectivity index (χ1v) is 11.6. The monoisotopic (exact) mass is 599 g/mol. The molecule has 2 atom stereocenters. The van der Waals surface area contributed by atoms with Gasteiger partial charge >= 0.3 is 25.1 Å². The lowest BCUT2D eigenvalue weighted by atomic mass is 9.98. The molecule has 0 fully saturated rings. The number of aliphatic hydroxyl groups excluding tert-OH is 1. The van der Waals surface area contributed by atoms with Gasteiger partial charge in [-0.05, 0) is 41.5 Å². The number of benzene rings is 3. The largest absolute Gasteiger partial charge is 0.573 e. The molecule has 0 spiro atoms. The predicted molar refractivity (Wildman–Crippen MR) is 124 cm³/mol. The highest BCUT2D eigenvalue weighted by molar-refractivity contribution is 5.80. The van der Waals surface area contributed by atoms with Crippen molar-refractivity contribution in [2.45, 2.75) is 37.2 Å². The number of halogens is 10. The van der Waals surface area contributed by atoms with Gasteiger partial charge in [0, 0.05) is 5.56 Å². The van der Waals surface area contributed by atoms with Crippen molar-refractivity contribution in [1.82, 2.24) is 0 Å². The van der Waals surface area contributed by atoms with Crippen LogP contribution in [0.15, 0.2) is 66.7 Å². The quantitative estimate of drug-likeness (QED) is 0.275. The van der Waals surface area contributed by atoms with Crippen LogP contribution in [0.4, 0.5) is 49.6 Å². The number of hydrogen-bond donors (Lipinski definition) is 1. The molecule has 0 bridgehead atoms. The summed E-state index contributed by atoms with van der Waals surface area (Å²) in [5, 5.41) is 9.89. The first-order chi connectivity index (χ1) is 19.0. The van der Waals surface area contributed by atoms with Crippen LogP contribution in [0.1, 0.15) is 11.6 Å². The molecule has 0 aliphatic carbocycles. The summed E-state index contributed by atoms with van der Waals surface area (Å²) in [7, 11) is 0. The Bertz CT molecular complexity index is 1350. The molecule has 1 aliphatic rings. The van der Waals surface area contributed by atoms with Crippen molar-refractivity contribution in [3.63, 3.8) is 0 Å². The van der Waals surface area contributed by atoms with Crippen LogP contribution in [0, 0.1) is 0 Å². The van der Waals surface area contributed by atoms with Crippen LogP contribution < -0.4 is 19.1 Å². The van der Waals surface area contributed by atoms with Crippen molar-refractivity contribution in [2.24, 2.45) is 0 Å². The number of ether oxygens (including phenoxy) is 3. The highest BCUT2D eigenvalue weighted by Crippen LogP contribution is 2.46. The van der Waals surface area contributed by atoms with E-state index in [4.69, 9.17) is 4.74 Å². The van der Waals surface area contributed by atoms with Crippen molar-refractivity contribution in [3.05, 3.63) is 72.3 Å². The van der Waals surface area contributed by atoms with Crippen molar-refractivity contribution in [2.75, 3.05) is 18.1 Å². The second-order valence-electron chi connectivity index (χ2n) is 8.80. The van der Waals surface area contributed by atoms with Gasteiger partial charge in [0.15, 0.2) is 11.9 Å². The van der Waals surface area contributed by atoms with Gasteiger partial charge in [0.1, 0.15) is 18.1 Å². The Morgan fingerprint density at radius 3 is 2.12 bits per heavy atom. The number of aliphatic hydroxyl groups is 1. The van der Waals surface area contributed by atoms with Crippen LogP contribution in [0.25, 0.3) is 11.1 Å². The molecule has 4 rings (SSSR count). The third-order valence-electron chi connectivity index (χ3n) is 5.96. The van der Waals surface area contributed by atoms with Gasteiger partial charge in [-0.1, -0.05) is 36.4 Å². The first-order valence-electron chi connectivity index (χ1n) is 11.6. The zero-order valence-electron chi connectivity index (χ0n) is 20.4. The Kier molecular flexibility index (Phi) is 8.21. The normalized spacial score (nSPS) is 16.7. The Labute approximate surface area is 225 Å². The van der Waals surface area contributed by atoms with E-state index < -0.39 is 61.9 Å². The van der Waals surface area contributed by atoms with Gasteiger partial charge in [0.25, 0.3) is 0 Å². The zero-order valence-corrected chi connectivity index (χ0v) is 20.4. The number of para-hydroxylation sites is 1. The highest BCUT2D eigenvalue weighted by atomic mass is 19.4. The Balaban J connectivity index is 1.72. The summed E-state index contributed by atoms with van der Waals surface area (Å²) in [6.07, 6.45) is -21.8. The number of nitrogens with zero attached hydrogens (tertiary/aromatic N) is 1. The average molecular weight is 599 g/mol. The fraction of sp³-hybridized carbons (Fsp3) is 0.308. The van der Waals surface area contributed by atoms with E-state index in [1.165, 1.54) is 42.5 Å². The van der Waals surface area contributed by atoms with Crippen molar-refractivity contribution in [1.29, 1.82) is 0 Å². The molecule has 0 saturated carbocycles. The first kappa shape index (κ1) is 30.1. The number of alkyl halides is 10. The lowest BCUT2D eigenvalue weighted by molar-refractivity contribution is -0.274. The Morgan fingerprint density at radius 2 is 1.51 bits per heavy atom. The smallest absolute Gasteiger partial charge is 0.488 e. The van der Waals surface area contributed by atoms with E-state index in [1.54, 1.807) is 0 Å². The van der Waals surface area contributed by atoms with E-state index in [0.29, 0.717) is 5.56 Å². The zero-order chi connectivity index (χ0) is 30.2. The standard InChI is InChI=1S/C26H19F10NO4/c27-23(28)25(32,33)40-17-4-1-3-15(11-17)20-13-39-22-18(14-7-9-16(10-8-14)41-26(34,35)36)5-2-6-19(22)37(20)12-21(38)24(29,30)31/h1-11,20-21,23,38H,12-13H2/t20-,21+/m1/s1. The molecule has 3 aromatic rings. The fourth-order valence-corrected chi connectivity index (χ4v) is 4.16. The van der Waals surface area contributed by atoms with Crippen LogP contribution in [-0.4, -0.2) is 49.4 Å². The van der Waals surface area contributed by atoms with Crippen molar-refractivity contribution in [3.8, 4) is 28.4 Å². The third-order valence-corrected chi connectivity index (χ3v) is 5.96. The Morgan fingerprint density at radius 1 is 0.854 bits per heavy atom. The molecule has 0 amide bonds. The predicted octanol–water partition coefficient (Wildman–Crippen LogP) is 7.35. The third kappa shape index (κ3) is 7.07. The second-order valence-corrected chi connectivity index (χ2v) is 8.80. The molecular weight excluding hydrogens is 580 g/mol. The fourth-order valence-electron chi connectivity index (χ4n) is 4.16. The average Bonchev–Trinajstić information content (AvgIpc) is 2.87. The number of fused-ring (bicyclic) bond motifs is 1. The van der Waals surface area contributed by atoms with Gasteiger partial charge in [0.2, 0.25) is 0 Å². The van der Waals surface area contributed by atoms with Crippen LogP contribution in [-0.2, 0) is 0 Å². The maximum absolute atomic E-state index is 13.5. The SMILES string of the molecule is O[C@@H](CN1c2cccc(-c3ccc(OC(F)(F)F)cc3)c2OC[C@@H]1c1cccc(OC(F)(F)C(F)F)c1)C(F)(F)F. The summed E-state index contributed by atoms with van der Waals surface area (Å²) < 4.78 is 144. The molecule has 0 radical (unpaired) electrons. The van der Waals surface area contributed by atoms with Gasteiger partial charge < -0.3 is 24.2 Å². The molecule has 1 aliphatic heterocycles. The van der Waals surface area contributed by atoms with Crippen molar-refractivity contribution >= 4 is 5.69 Å². The minimum atomic E-state index is -5.04. The molecule has 0 aromatic heterocycles. The maximum atomic E-state index is 13.5. The topological polar surface area (TPSA) is 51.2 Å². The van der Waals surface area contributed by atoms with Gasteiger partial charge in [-0.2, -0.15) is 30.7 Å². The molecule has 3 aromatic carbocycles.